The molecular weight excluding hydrogens is 412 g/mol. The van der Waals surface area contributed by atoms with E-state index in [0.717, 1.165) is 40.3 Å². The Morgan fingerprint density at radius 1 is 1.30 bits per heavy atom. The molecule has 2 aliphatic rings. The lowest BCUT2D eigenvalue weighted by atomic mass is 10.0. The highest BCUT2D eigenvalue weighted by Crippen LogP contribution is 2.36. The number of carbonyl (C=O) groups excluding carboxylic acids is 1. The summed E-state index contributed by atoms with van der Waals surface area (Å²) in [5, 5.41) is 13.3. The van der Waals surface area contributed by atoms with Gasteiger partial charge < -0.3 is 10.4 Å². The van der Waals surface area contributed by atoms with Crippen LogP contribution >= 0.6 is 23.1 Å². The third-order valence-corrected chi connectivity index (χ3v) is 7.30. The van der Waals surface area contributed by atoms with Crippen LogP contribution in [0.25, 0.3) is 5.57 Å². The van der Waals surface area contributed by atoms with Crippen molar-refractivity contribution in [3.05, 3.63) is 86.8 Å². The fourth-order valence-electron chi connectivity index (χ4n) is 3.43. The SMILES string of the molecule is CNC(=O)c1ccccc1SC1=CC=C(Cc2cnc(C3=CCC(O)C=C3)s2)CC1. The zero-order valence-electron chi connectivity index (χ0n) is 16.8. The van der Waals surface area contributed by atoms with Gasteiger partial charge in [-0.2, -0.15) is 0 Å². The Bertz CT molecular complexity index is 1060. The third-order valence-electron chi connectivity index (χ3n) is 5.08. The van der Waals surface area contributed by atoms with E-state index in [-0.39, 0.29) is 12.0 Å². The van der Waals surface area contributed by atoms with E-state index in [1.807, 2.05) is 42.6 Å². The van der Waals surface area contributed by atoms with Crippen LogP contribution in [-0.2, 0) is 6.42 Å². The molecule has 4 nitrogen and oxygen atoms in total. The number of carbonyl (C=O) groups is 1. The van der Waals surface area contributed by atoms with Crippen LogP contribution in [0.2, 0.25) is 0 Å². The first-order valence-corrected chi connectivity index (χ1v) is 11.6. The second-order valence-corrected chi connectivity index (χ2v) is 9.55. The second kappa shape index (κ2) is 9.60. The molecule has 1 unspecified atom stereocenters. The molecule has 1 aromatic heterocycles. The summed E-state index contributed by atoms with van der Waals surface area (Å²) in [5.74, 6) is -0.0517. The van der Waals surface area contributed by atoms with E-state index in [1.165, 1.54) is 15.4 Å². The maximum absolute atomic E-state index is 12.1. The Morgan fingerprint density at radius 2 is 2.17 bits per heavy atom. The van der Waals surface area contributed by atoms with E-state index in [9.17, 15) is 9.90 Å². The molecule has 0 saturated heterocycles. The van der Waals surface area contributed by atoms with Crippen molar-refractivity contribution < 1.29 is 9.90 Å². The predicted octanol–water partition coefficient (Wildman–Crippen LogP) is 5.15. The van der Waals surface area contributed by atoms with Gasteiger partial charge in [0, 0.05) is 35.0 Å². The summed E-state index contributed by atoms with van der Waals surface area (Å²) in [6.07, 6.45) is 15.4. The van der Waals surface area contributed by atoms with Crippen molar-refractivity contribution in [3.63, 3.8) is 0 Å². The molecule has 2 aromatic rings. The van der Waals surface area contributed by atoms with Gasteiger partial charge in [0.25, 0.3) is 5.91 Å². The molecule has 1 atom stereocenters. The van der Waals surface area contributed by atoms with Crippen LogP contribution in [0.4, 0.5) is 0 Å². The van der Waals surface area contributed by atoms with E-state index < -0.39 is 0 Å². The highest BCUT2D eigenvalue weighted by atomic mass is 32.2. The first kappa shape index (κ1) is 20.8. The fraction of sp³-hybridized carbons (Fsp3) is 0.250. The van der Waals surface area contributed by atoms with E-state index in [0.29, 0.717) is 6.42 Å². The van der Waals surface area contributed by atoms with Crippen molar-refractivity contribution in [2.45, 2.75) is 36.7 Å². The molecule has 0 aliphatic heterocycles. The van der Waals surface area contributed by atoms with Crippen molar-refractivity contribution in [1.82, 2.24) is 10.3 Å². The number of allylic oxidation sites excluding steroid dienone is 6. The molecule has 2 aliphatic carbocycles. The van der Waals surface area contributed by atoms with Crippen LogP contribution in [0.3, 0.4) is 0 Å². The lowest BCUT2D eigenvalue weighted by Crippen LogP contribution is -2.18. The number of amides is 1. The molecular formula is C24H24N2O2S2. The Labute approximate surface area is 185 Å². The predicted molar refractivity (Wildman–Crippen MR) is 125 cm³/mol. The molecule has 30 heavy (non-hydrogen) atoms. The zero-order valence-corrected chi connectivity index (χ0v) is 18.4. The van der Waals surface area contributed by atoms with Crippen LogP contribution in [0.15, 0.2) is 76.2 Å². The van der Waals surface area contributed by atoms with Crippen LogP contribution in [0, 0.1) is 0 Å². The second-order valence-electron chi connectivity index (χ2n) is 7.27. The zero-order chi connectivity index (χ0) is 20.9. The van der Waals surface area contributed by atoms with E-state index in [2.05, 4.69) is 28.5 Å². The maximum Gasteiger partial charge on any atom is 0.252 e. The molecule has 0 saturated carbocycles. The van der Waals surface area contributed by atoms with Crippen LogP contribution < -0.4 is 5.32 Å². The van der Waals surface area contributed by atoms with Crippen LogP contribution in [0.5, 0.6) is 0 Å². The van der Waals surface area contributed by atoms with Crippen molar-refractivity contribution in [3.8, 4) is 0 Å². The number of benzene rings is 1. The number of aliphatic hydroxyl groups excluding tert-OH is 1. The summed E-state index contributed by atoms with van der Waals surface area (Å²) >= 11 is 3.40. The number of nitrogens with one attached hydrogen (secondary N) is 1. The molecule has 0 bridgehead atoms. The number of thioether (sulfide) groups is 1. The lowest BCUT2D eigenvalue weighted by Gasteiger charge is -2.15. The molecule has 1 aromatic carbocycles. The molecule has 0 spiro atoms. The fourth-order valence-corrected chi connectivity index (χ4v) is 5.45. The number of thiazole rings is 1. The van der Waals surface area contributed by atoms with Gasteiger partial charge in [0.1, 0.15) is 5.01 Å². The first-order valence-electron chi connectivity index (χ1n) is 10.0. The quantitative estimate of drug-likeness (QED) is 0.658. The largest absolute Gasteiger partial charge is 0.389 e. The normalized spacial score (nSPS) is 18.5. The Kier molecular flexibility index (Phi) is 6.67. The topological polar surface area (TPSA) is 62.2 Å². The first-order chi connectivity index (χ1) is 14.6. The molecule has 154 valence electrons. The Hall–Kier alpha value is -2.41. The smallest absolute Gasteiger partial charge is 0.252 e. The number of aliphatic hydroxyl groups is 1. The summed E-state index contributed by atoms with van der Waals surface area (Å²) in [5.41, 5.74) is 3.22. The summed E-state index contributed by atoms with van der Waals surface area (Å²) < 4.78 is 0. The van der Waals surface area contributed by atoms with E-state index >= 15 is 0 Å². The minimum absolute atomic E-state index is 0.0517. The number of hydrogen-bond acceptors (Lipinski definition) is 5. The monoisotopic (exact) mass is 436 g/mol. The number of rotatable bonds is 6. The van der Waals surface area contributed by atoms with Gasteiger partial charge in [0.2, 0.25) is 0 Å². The molecule has 6 heteroatoms. The minimum Gasteiger partial charge on any atom is -0.389 e. The highest BCUT2D eigenvalue weighted by Gasteiger charge is 2.15. The average Bonchev–Trinajstić information content (AvgIpc) is 3.24. The van der Waals surface area contributed by atoms with Gasteiger partial charge in [-0.1, -0.05) is 59.8 Å². The molecule has 4 rings (SSSR count). The van der Waals surface area contributed by atoms with Gasteiger partial charge in [-0.25, -0.2) is 4.98 Å². The van der Waals surface area contributed by atoms with Crippen molar-refractivity contribution in [1.29, 1.82) is 0 Å². The number of aromatic nitrogens is 1. The summed E-state index contributed by atoms with van der Waals surface area (Å²) in [4.78, 5) is 20.2. The van der Waals surface area contributed by atoms with Crippen LogP contribution in [-0.4, -0.2) is 29.1 Å². The summed E-state index contributed by atoms with van der Waals surface area (Å²) in [7, 11) is 1.66. The van der Waals surface area contributed by atoms with Gasteiger partial charge in [0.15, 0.2) is 0 Å². The maximum atomic E-state index is 12.1. The van der Waals surface area contributed by atoms with E-state index in [4.69, 9.17) is 0 Å². The Morgan fingerprint density at radius 3 is 2.90 bits per heavy atom. The number of hydrogen-bond donors (Lipinski definition) is 2. The third kappa shape index (κ3) is 5.01. The molecule has 1 heterocycles. The molecule has 2 N–H and O–H groups in total. The van der Waals surface area contributed by atoms with Gasteiger partial charge in [-0.3, -0.25) is 4.79 Å². The summed E-state index contributed by atoms with van der Waals surface area (Å²) in [6.45, 7) is 0. The van der Waals surface area contributed by atoms with Crippen LogP contribution in [0.1, 0.15) is 39.5 Å². The summed E-state index contributed by atoms with van der Waals surface area (Å²) in [6, 6.07) is 7.73. The van der Waals surface area contributed by atoms with Crippen molar-refractivity contribution in [2.24, 2.45) is 0 Å². The van der Waals surface area contributed by atoms with Crippen molar-refractivity contribution >= 4 is 34.6 Å². The molecule has 0 fully saturated rings. The van der Waals surface area contributed by atoms with Crippen molar-refractivity contribution in [2.75, 3.05) is 7.05 Å². The highest BCUT2D eigenvalue weighted by molar-refractivity contribution is 8.03. The Balaban J connectivity index is 1.41. The van der Waals surface area contributed by atoms with Gasteiger partial charge in [-0.15, -0.1) is 11.3 Å². The van der Waals surface area contributed by atoms with E-state index in [1.54, 1.807) is 30.1 Å². The van der Waals surface area contributed by atoms with Gasteiger partial charge in [0.05, 0.1) is 11.7 Å². The minimum atomic E-state index is -0.372. The van der Waals surface area contributed by atoms with Gasteiger partial charge >= 0.3 is 0 Å². The molecule has 1 amide bonds. The molecule has 0 radical (unpaired) electrons. The average molecular weight is 437 g/mol. The number of nitrogens with zero attached hydrogens (tertiary/aromatic N) is 1. The van der Waals surface area contributed by atoms with Gasteiger partial charge in [-0.05, 0) is 36.3 Å². The standard InChI is InChI=1S/C24H24N2O2S2/c1-25-23(28)21-4-2-3-5-22(21)29-19-12-6-16(7-13-19)14-20-15-26-24(30-20)17-8-10-18(27)11-9-17/h2-6,8-10,12,15,18,27H,7,11,13-14H2,1H3,(H,25,28). The lowest BCUT2D eigenvalue weighted by molar-refractivity contribution is 0.0960.